The molecule has 0 fully saturated rings. The van der Waals surface area contributed by atoms with Crippen LogP contribution in [-0.2, 0) is 31.1 Å². The summed E-state index contributed by atoms with van der Waals surface area (Å²) in [7, 11) is 0. The second-order valence-corrected chi connectivity index (χ2v) is 10.6. The lowest BCUT2D eigenvalue weighted by Crippen LogP contribution is -2.45. The number of nitrogens with two attached hydrogens (primary N) is 1. The van der Waals surface area contributed by atoms with E-state index in [0.717, 1.165) is 39.3 Å². The van der Waals surface area contributed by atoms with Crippen LogP contribution >= 0.6 is 0 Å². The van der Waals surface area contributed by atoms with Crippen molar-refractivity contribution >= 4 is 5.97 Å². The molecule has 4 aromatic rings. The molecule has 0 aromatic heterocycles. The second-order valence-electron chi connectivity index (χ2n) is 10.6. The highest BCUT2D eigenvalue weighted by Crippen LogP contribution is 2.37. The van der Waals surface area contributed by atoms with E-state index in [1.165, 1.54) is 11.1 Å². The Bertz CT molecular complexity index is 1480. The first kappa shape index (κ1) is 27.4. The molecule has 1 aliphatic rings. The highest BCUT2D eigenvalue weighted by molar-refractivity contribution is 5.75. The van der Waals surface area contributed by atoms with Crippen molar-refractivity contribution in [2.24, 2.45) is 5.73 Å². The minimum atomic E-state index is -1.03. The Balaban J connectivity index is 1.39. The van der Waals surface area contributed by atoms with Gasteiger partial charge in [-0.25, -0.2) is 0 Å². The summed E-state index contributed by atoms with van der Waals surface area (Å²) in [4.78, 5) is 14.2. The Kier molecular flexibility index (Phi) is 8.48. The van der Waals surface area contributed by atoms with E-state index in [4.69, 9.17) is 15.2 Å². The number of benzene rings is 4. The number of carbonyl (C=O) groups is 1. The Hall–Kier alpha value is -4.13. The number of nitrogens with zero attached hydrogens (tertiary/aromatic N) is 1. The van der Waals surface area contributed by atoms with Gasteiger partial charge in [0.2, 0.25) is 0 Å². The van der Waals surface area contributed by atoms with Gasteiger partial charge in [-0.15, -0.1) is 0 Å². The molecule has 0 radical (unpaired) electrons. The Labute approximate surface area is 236 Å². The summed E-state index contributed by atoms with van der Waals surface area (Å²) >= 11 is 0. The van der Waals surface area contributed by atoms with Crippen LogP contribution in [0.15, 0.2) is 91.0 Å². The van der Waals surface area contributed by atoms with Crippen LogP contribution in [0.25, 0.3) is 0 Å². The van der Waals surface area contributed by atoms with Gasteiger partial charge in [-0.05, 0) is 42.7 Å². The third-order valence-corrected chi connectivity index (χ3v) is 7.44. The van der Waals surface area contributed by atoms with Crippen molar-refractivity contribution in [2.45, 2.75) is 52.1 Å². The van der Waals surface area contributed by atoms with E-state index in [1.807, 2.05) is 54.6 Å². The van der Waals surface area contributed by atoms with Crippen LogP contribution in [0, 0.1) is 13.8 Å². The number of ether oxygens (including phenoxy) is 2. The SMILES string of the molecule is Cc1cccc(COc2ccccc2CN2Cc3c(OCc4cccc(C)c4)cccc3C([C@H](N)C(=O)O)C2)c1. The first-order valence-electron chi connectivity index (χ1n) is 13.6. The van der Waals surface area contributed by atoms with E-state index in [9.17, 15) is 9.90 Å². The van der Waals surface area contributed by atoms with Crippen molar-refractivity contribution in [3.63, 3.8) is 0 Å². The molecular formula is C34H36N2O4. The van der Waals surface area contributed by atoms with Crippen LogP contribution < -0.4 is 15.2 Å². The maximum Gasteiger partial charge on any atom is 0.321 e. The molecule has 0 saturated heterocycles. The van der Waals surface area contributed by atoms with E-state index in [0.29, 0.717) is 32.8 Å². The Morgan fingerprint density at radius 3 is 2.12 bits per heavy atom. The molecular weight excluding hydrogens is 500 g/mol. The highest BCUT2D eigenvalue weighted by Gasteiger charge is 2.35. The van der Waals surface area contributed by atoms with Gasteiger partial charge in [-0.2, -0.15) is 0 Å². The monoisotopic (exact) mass is 536 g/mol. The average Bonchev–Trinajstić information content (AvgIpc) is 2.95. The van der Waals surface area contributed by atoms with Gasteiger partial charge in [0.05, 0.1) is 0 Å². The Morgan fingerprint density at radius 2 is 1.48 bits per heavy atom. The molecule has 5 rings (SSSR count). The van der Waals surface area contributed by atoms with E-state index in [2.05, 4.69) is 55.1 Å². The molecule has 0 saturated carbocycles. The van der Waals surface area contributed by atoms with Crippen molar-refractivity contribution in [3.05, 3.63) is 130 Å². The topological polar surface area (TPSA) is 85.0 Å². The predicted octanol–water partition coefficient (Wildman–Crippen LogP) is 5.97. The number of aliphatic carboxylic acids is 1. The minimum absolute atomic E-state index is 0.371. The van der Waals surface area contributed by atoms with Crippen molar-refractivity contribution in [1.29, 1.82) is 0 Å². The largest absolute Gasteiger partial charge is 0.489 e. The molecule has 2 atom stereocenters. The number of aryl methyl sites for hydroxylation is 2. The van der Waals surface area contributed by atoms with Gasteiger partial charge in [0, 0.05) is 36.7 Å². The van der Waals surface area contributed by atoms with Crippen molar-refractivity contribution in [2.75, 3.05) is 6.54 Å². The van der Waals surface area contributed by atoms with Crippen LogP contribution in [-0.4, -0.2) is 28.6 Å². The van der Waals surface area contributed by atoms with Crippen molar-refractivity contribution in [1.82, 2.24) is 4.90 Å². The van der Waals surface area contributed by atoms with Crippen LogP contribution in [0.5, 0.6) is 11.5 Å². The summed E-state index contributed by atoms with van der Waals surface area (Å²) in [6.07, 6.45) is 0. The first-order chi connectivity index (χ1) is 19.4. The van der Waals surface area contributed by atoms with E-state index < -0.39 is 12.0 Å². The zero-order chi connectivity index (χ0) is 28.1. The van der Waals surface area contributed by atoms with E-state index in [1.54, 1.807) is 0 Å². The zero-order valence-corrected chi connectivity index (χ0v) is 23.0. The lowest BCUT2D eigenvalue weighted by molar-refractivity contribution is -0.139. The molecule has 0 spiro atoms. The number of para-hydroxylation sites is 1. The summed E-state index contributed by atoms with van der Waals surface area (Å²) in [5.74, 6) is 0.197. The minimum Gasteiger partial charge on any atom is -0.489 e. The van der Waals surface area contributed by atoms with Gasteiger partial charge in [0.25, 0.3) is 0 Å². The molecule has 0 aliphatic carbocycles. The average molecular weight is 537 g/mol. The molecule has 1 heterocycles. The maximum atomic E-state index is 12.0. The fourth-order valence-electron chi connectivity index (χ4n) is 5.44. The van der Waals surface area contributed by atoms with Gasteiger partial charge in [0.1, 0.15) is 30.8 Å². The molecule has 6 nitrogen and oxygen atoms in total. The quantitative estimate of drug-likeness (QED) is 0.260. The van der Waals surface area contributed by atoms with Crippen molar-refractivity contribution < 1.29 is 19.4 Å². The zero-order valence-electron chi connectivity index (χ0n) is 23.0. The van der Waals surface area contributed by atoms with Crippen LogP contribution in [0.4, 0.5) is 0 Å². The van der Waals surface area contributed by atoms with Gasteiger partial charge in [-0.3, -0.25) is 9.69 Å². The molecule has 0 amide bonds. The Morgan fingerprint density at radius 1 is 0.875 bits per heavy atom. The van der Waals surface area contributed by atoms with Gasteiger partial charge < -0.3 is 20.3 Å². The van der Waals surface area contributed by atoms with Gasteiger partial charge in [-0.1, -0.05) is 90.0 Å². The van der Waals surface area contributed by atoms with Crippen LogP contribution in [0.3, 0.4) is 0 Å². The number of rotatable bonds is 10. The van der Waals surface area contributed by atoms with Crippen molar-refractivity contribution in [3.8, 4) is 11.5 Å². The van der Waals surface area contributed by atoms with Gasteiger partial charge in [0.15, 0.2) is 0 Å². The number of hydrogen-bond acceptors (Lipinski definition) is 5. The molecule has 1 aliphatic heterocycles. The standard InChI is InChI=1S/C34H36N2O4/c1-23-8-5-10-25(16-23)21-39-31-14-4-3-12-27(31)18-36-19-29-28(30(20-36)33(35)34(37)38)13-7-15-32(29)40-22-26-11-6-9-24(2)17-26/h3-17,30,33H,18-22,35H2,1-2H3,(H,37,38)/t30?,33-/m0/s1. The first-order valence-corrected chi connectivity index (χ1v) is 13.6. The van der Waals surface area contributed by atoms with Gasteiger partial charge >= 0.3 is 5.97 Å². The molecule has 6 heteroatoms. The van der Waals surface area contributed by atoms with Crippen LogP contribution in [0.1, 0.15) is 44.9 Å². The summed E-state index contributed by atoms with van der Waals surface area (Å²) in [6, 6.07) is 29.4. The van der Waals surface area contributed by atoms with E-state index in [-0.39, 0.29) is 5.92 Å². The lowest BCUT2D eigenvalue weighted by atomic mass is 9.84. The number of carboxylic acid groups (broad SMARTS) is 1. The third kappa shape index (κ3) is 6.53. The molecule has 206 valence electrons. The number of hydrogen-bond donors (Lipinski definition) is 2. The number of fused-ring (bicyclic) bond motifs is 1. The molecule has 40 heavy (non-hydrogen) atoms. The summed E-state index contributed by atoms with van der Waals surface area (Å²) in [5, 5.41) is 9.83. The highest BCUT2D eigenvalue weighted by atomic mass is 16.5. The smallest absolute Gasteiger partial charge is 0.321 e. The summed E-state index contributed by atoms with van der Waals surface area (Å²) in [5.41, 5.74) is 13.8. The fraction of sp³-hybridized carbons (Fsp3) is 0.265. The molecule has 4 aromatic carbocycles. The summed E-state index contributed by atoms with van der Waals surface area (Å²) in [6.45, 7) is 6.78. The fourth-order valence-corrected chi connectivity index (χ4v) is 5.44. The number of carboxylic acids is 1. The lowest BCUT2D eigenvalue weighted by Gasteiger charge is -2.37. The van der Waals surface area contributed by atoms with Crippen LogP contribution in [0.2, 0.25) is 0 Å². The molecule has 0 bridgehead atoms. The predicted molar refractivity (Wildman–Crippen MR) is 156 cm³/mol. The summed E-state index contributed by atoms with van der Waals surface area (Å²) < 4.78 is 12.6. The maximum absolute atomic E-state index is 12.0. The normalized spacial score (nSPS) is 15.7. The second kappa shape index (κ2) is 12.4. The molecule has 3 N–H and O–H groups in total. The molecule has 1 unspecified atom stereocenters. The van der Waals surface area contributed by atoms with E-state index >= 15 is 0 Å². The third-order valence-electron chi connectivity index (χ3n) is 7.44.